The zero-order valence-electron chi connectivity index (χ0n) is 13.5. The Hall–Kier alpha value is -2.37. The predicted molar refractivity (Wildman–Crippen MR) is 87.1 cm³/mol. The number of rotatable bonds is 6. The van der Waals surface area contributed by atoms with E-state index in [1.54, 1.807) is 12.1 Å². The Balaban J connectivity index is 1.40. The summed E-state index contributed by atoms with van der Waals surface area (Å²) < 4.78 is 10.7. The molecule has 2 aliphatic rings. The lowest BCUT2D eigenvalue weighted by atomic mass is 9.86. The van der Waals surface area contributed by atoms with Gasteiger partial charge >= 0.3 is 0 Å². The summed E-state index contributed by atoms with van der Waals surface area (Å²) in [6.07, 6.45) is 6.37. The van der Waals surface area contributed by atoms with E-state index < -0.39 is 5.91 Å². The van der Waals surface area contributed by atoms with Gasteiger partial charge in [-0.1, -0.05) is 11.6 Å². The largest absolute Gasteiger partial charge is 0.484 e. The van der Waals surface area contributed by atoms with Gasteiger partial charge in [0.1, 0.15) is 5.75 Å². The Morgan fingerprint density at radius 2 is 2.08 bits per heavy atom. The number of aromatic nitrogens is 2. The molecular formula is C18H21N3O3. The topological polar surface area (TPSA) is 91.2 Å². The third kappa shape index (κ3) is 3.13. The molecule has 2 aromatic rings. The van der Waals surface area contributed by atoms with Crippen molar-refractivity contribution in [2.24, 2.45) is 23.5 Å². The van der Waals surface area contributed by atoms with Gasteiger partial charge < -0.3 is 15.0 Å². The number of hydrogen-bond donors (Lipinski definition) is 1. The van der Waals surface area contributed by atoms with Crippen LogP contribution >= 0.6 is 0 Å². The Morgan fingerprint density at radius 3 is 2.75 bits per heavy atom. The summed E-state index contributed by atoms with van der Waals surface area (Å²) in [4.78, 5) is 15.3. The van der Waals surface area contributed by atoms with E-state index in [0.29, 0.717) is 17.5 Å². The number of amides is 1. The van der Waals surface area contributed by atoms with Gasteiger partial charge in [-0.15, -0.1) is 0 Å². The minimum atomic E-state index is -0.498. The zero-order chi connectivity index (χ0) is 16.5. The number of fused-ring (bicyclic) bond motifs is 2. The van der Waals surface area contributed by atoms with E-state index in [1.807, 2.05) is 12.1 Å². The smallest absolute Gasteiger partial charge is 0.255 e. The number of ether oxygens (including phenoxy) is 1. The van der Waals surface area contributed by atoms with Crippen molar-refractivity contribution in [1.29, 1.82) is 0 Å². The molecule has 3 unspecified atom stereocenters. The van der Waals surface area contributed by atoms with Gasteiger partial charge in [-0.2, -0.15) is 4.98 Å². The highest BCUT2D eigenvalue weighted by Crippen LogP contribution is 2.49. The Morgan fingerprint density at radius 1 is 1.25 bits per heavy atom. The van der Waals surface area contributed by atoms with Crippen molar-refractivity contribution in [3.63, 3.8) is 0 Å². The van der Waals surface area contributed by atoms with Gasteiger partial charge in [-0.05, 0) is 61.3 Å². The van der Waals surface area contributed by atoms with Crippen molar-refractivity contribution >= 4 is 5.91 Å². The van der Waals surface area contributed by atoms with Crippen LogP contribution in [-0.4, -0.2) is 22.7 Å². The van der Waals surface area contributed by atoms with E-state index in [2.05, 4.69) is 10.1 Å². The monoisotopic (exact) mass is 327 g/mol. The second-order valence-corrected chi connectivity index (χ2v) is 6.93. The minimum absolute atomic E-state index is 0.130. The highest BCUT2D eigenvalue weighted by atomic mass is 16.5. The number of benzene rings is 1. The van der Waals surface area contributed by atoms with Crippen molar-refractivity contribution in [2.45, 2.75) is 32.1 Å². The molecule has 1 aromatic heterocycles. The van der Waals surface area contributed by atoms with Crippen molar-refractivity contribution in [1.82, 2.24) is 10.1 Å². The number of primary amides is 1. The Labute approximate surface area is 140 Å². The van der Waals surface area contributed by atoms with Crippen LogP contribution in [0.1, 0.15) is 31.6 Å². The molecule has 0 saturated heterocycles. The van der Waals surface area contributed by atoms with Crippen molar-refractivity contribution in [3.05, 3.63) is 30.2 Å². The maximum absolute atomic E-state index is 10.7. The van der Waals surface area contributed by atoms with Gasteiger partial charge in [0.2, 0.25) is 11.7 Å². The number of carbonyl (C=O) groups excluding carboxylic acids is 1. The van der Waals surface area contributed by atoms with Crippen molar-refractivity contribution in [2.75, 3.05) is 6.61 Å². The second-order valence-electron chi connectivity index (χ2n) is 6.93. The van der Waals surface area contributed by atoms with E-state index in [4.69, 9.17) is 15.0 Å². The number of nitrogens with two attached hydrogens (primary N) is 1. The highest BCUT2D eigenvalue weighted by molar-refractivity contribution is 5.75. The van der Waals surface area contributed by atoms with Crippen LogP contribution in [0.5, 0.6) is 5.75 Å². The first kappa shape index (κ1) is 15.2. The summed E-state index contributed by atoms with van der Waals surface area (Å²) in [5.74, 6) is 3.90. The van der Waals surface area contributed by atoms with Gasteiger partial charge in [0.15, 0.2) is 6.61 Å². The standard InChI is InChI=1S/C18H21N3O3/c19-16(22)10-23-15-5-3-12(4-6-15)18-20-17(24-21-18)9-14-8-11-1-2-13(14)7-11/h3-6,11,13-14H,1-2,7-10H2,(H2,19,22). The molecule has 1 aromatic carbocycles. The van der Waals surface area contributed by atoms with Gasteiger partial charge in [-0.3, -0.25) is 4.79 Å². The summed E-state index contributed by atoms with van der Waals surface area (Å²) >= 11 is 0. The molecule has 2 N–H and O–H groups in total. The lowest BCUT2D eigenvalue weighted by Gasteiger charge is -2.19. The van der Waals surface area contributed by atoms with Crippen LogP contribution in [0.25, 0.3) is 11.4 Å². The molecule has 0 spiro atoms. The second kappa shape index (κ2) is 6.26. The van der Waals surface area contributed by atoms with E-state index in [1.165, 1.54) is 25.7 Å². The minimum Gasteiger partial charge on any atom is -0.484 e. The summed E-state index contributed by atoms with van der Waals surface area (Å²) in [5, 5.41) is 4.09. The highest BCUT2D eigenvalue weighted by Gasteiger charge is 2.40. The van der Waals surface area contributed by atoms with Crippen LogP contribution in [0, 0.1) is 17.8 Å². The fraction of sp³-hybridized carbons (Fsp3) is 0.500. The summed E-state index contributed by atoms with van der Waals surface area (Å²) in [7, 11) is 0. The van der Waals surface area contributed by atoms with Crippen LogP contribution in [0.3, 0.4) is 0 Å². The van der Waals surface area contributed by atoms with E-state index in [0.717, 1.165) is 29.7 Å². The number of nitrogens with zero attached hydrogens (tertiary/aromatic N) is 2. The fourth-order valence-corrected chi connectivity index (χ4v) is 4.16. The van der Waals surface area contributed by atoms with Gasteiger partial charge in [-0.25, -0.2) is 0 Å². The van der Waals surface area contributed by atoms with Crippen molar-refractivity contribution < 1.29 is 14.1 Å². The van der Waals surface area contributed by atoms with Crippen LogP contribution in [-0.2, 0) is 11.2 Å². The Bertz CT molecular complexity index is 725. The van der Waals surface area contributed by atoms with Crippen LogP contribution in [0.15, 0.2) is 28.8 Å². The summed E-state index contributed by atoms with van der Waals surface area (Å²) in [6.45, 7) is -0.130. The summed E-state index contributed by atoms with van der Waals surface area (Å²) in [5.41, 5.74) is 5.92. The van der Waals surface area contributed by atoms with Crippen molar-refractivity contribution in [3.8, 4) is 17.1 Å². The lowest BCUT2D eigenvalue weighted by molar-refractivity contribution is -0.119. The maximum Gasteiger partial charge on any atom is 0.255 e. The molecule has 1 heterocycles. The van der Waals surface area contributed by atoms with Crippen LogP contribution in [0.2, 0.25) is 0 Å². The average molecular weight is 327 g/mol. The molecule has 0 radical (unpaired) electrons. The zero-order valence-corrected chi connectivity index (χ0v) is 13.5. The molecule has 2 saturated carbocycles. The number of hydrogen-bond acceptors (Lipinski definition) is 5. The molecule has 2 bridgehead atoms. The van der Waals surface area contributed by atoms with Crippen LogP contribution in [0.4, 0.5) is 0 Å². The third-order valence-corrected chi connectivity index (χ3v) is 5.28. The molecule has 2 aliphatic carbocycles. The molecule has 24 heavy (non-hydrogen) atoms. The van der Waals surface area contributed by atoms with Gasteiger partial charge in [0.05, 0.1) is 0 Å². The quantitative estimate of drug-likeness (QED) is 0.880. The predicted octanol–water partition coefficient (Wildman–Crippen LogP) is 2.58. The third-order valence-electron chi connectivity index (χ3n) is 5.28. The molecule has 6 nitrogen and oxygen atoms in total. The molecule has 126 valence electrons. The molecule has 6 heteroatoms. The first-order chi connectivity index (χ1) is 11.7. The molecule has 0 aliphatic heterocycles. The van der Waals surface area contributed by atoms with E-state index in [9.17, 15) is 4.79 Å². The first-order valence-corrected chi connectivity index (χ1v) is 8.51. The maximum atomic E-state index is 10.7. The summed E-state index contributed by atoms with van der Waals surface area (Å²) in [6, 6.07) is 7.24. The average Bonchev–Trinajstić information content (AvgIpc) is 3.30. The van der Waals surface area contributed by atoms with E-state index >= 15 is 0 Å². The first-order valence-electron chi connectivity index (χ1n) is 8.51. The molecule has 4 rings (SSSR count). The van der Waals surface area contributed by atoms with E-state index in [-0.39, 0.29) is 6.61 Å². The fourth-order valence-electron chi connectivity index (χ4n) is 4.16. The lowest BCUT2D eigenvalue weighted by Crippen LogP contribution is -2.19. The molecule has 1 amide bonds. The molecule has 2 fully saturated rings. The Kier molecular flexibility index (Phi) is 3.96. The molecule has 3 atom stereocenters. The normalized spacial score (nSPS) is 25.1. The van der Waals surface area contributed by atoms with Gasteiger partial charge in [0.25, 0.3) is 5.91 Å². The van der Waals surface area contributed by atoms with Crippen LogP contribution < -0.4 is 10.5 Å². The van der Waals surface area contributed by atoms with Gasteiger partial charge in [0, 0.05) is 12.0 Å². The SMILES string of the molecule is NC(=O)COc1ccc(-c2noc(CC3CC4CCC3C4)n2)cc1. The number of carbonyl (C=O) groups is 1. The molecular weight excluding hydrogens is 306 g/mol.